The van der Waals surface area contributed by atoms with E-state index in [1.54, 1.807) is 0 Å². The molecule has 4 aromatic rings. The number of nitrogen functional groups attached to an aromatic ring is 2. The minimum absolute atomic E-state index is 0.0728. The maximum atomic E-state index is 13.4. The van der Waals surface area contributed by atoms with E-state index in [1.165, 1.54) is 36.4 Å². The minimum Gasteiger partial charge on any atom is -0.457 e. The van der Waals surface area contributed by atoms with Crippen LogP contribution in [0.1, 0.15) is 11.1 Å². The Balaban J connectivity index is 1.55. The van der Waals surface area contributed by atoms with Crippen molar-refractivity contribution in [3.8, 4) is 23.0 Å². The van der Waals surface area contributed by atoms with Crippen LogP contribution in [0.15, 0.2) is 94.7 Å². The molecular formula is C26H18F6N2O4S. The Morgan fingerprint density at radius 1 is 0.538 bits per heavy atom. The molecule has 204 valence electrons. The van der Waals surface area contributed by atoms with E-state index in [0.717, 1.165) is 48.5 Å². The molecular weight excluding hydrogens is 550 g/mol. The Morgan fingerprint density at radius 3 is 1.18 bits per heavy atom. The summed E-state index contributed by atoms with van der Waals surface area (Å²) in [5.74, 6) is -1.25. The number of hydrogen-bond donors (Lipinski definition) is 2. The third-order valence-corrected chi connectivity index (χ3v) is 7.19. The first-order chi connectivity index (χ1) is 18.2. The summed E-state index contributed by atoms with van der Waals surface area (Å²) in [5, 5.41) is 0. The monoisotopic (exact) mass is 568 g/mol. The fourth-order valence-electron chi connectivity index (χ4n) is 3.64. The largest absolute Gasteiger partial charge is 0.457 e. The van der Waals surface area contributed by atoms with Crippen molar-refractivity contribution < 1.29 is 44.2 Å². The summed E-state index contributed by atoms with van der Waals surface area (Å²) in [6, 6.07) is 16.1. The van der Waals surface area contributed by atoms with E-state index in [0.29, 0.717) is 0 Å². The normalized spacial score (nSPS) is 12.3. The van der Waals surface area contributed by atoms with Crippen molar-refractivity contribution in [1.29, 1.82) is 0 Å². The van der Waals surface area contributed by atoms with E-state index in [-0.39, 0.29) is 21.3 Å². The highest BCUT2D eigenvalue weighted by Crippen LogP contribution is 2.43. The molecule has 0 saturated heterocycles. The number of anilines is 2. The van der Waals surface area contributed by atoms with Gasteiger partial charge in [0.05, 0.1) is 9.79 Å². The average Bonchev–Trinajstić information content (AvgIpc) is 2.83. The maximum Gasteiger partial charge on any atom is 0.421 e. The first kappa shape index (κ1) is 27.6. The fraction of sp³-hybridized carbons (Fsp3) is 0.0769. The molecule has 0 radical (unpaired) electrons. The molecule has 0 atom stereocenters. The number of benzene rings is 4. The van der Waals surface area contributed by atoms with E-state index >= 15 is 0 Å². The van der Waals surface area contributed by atoms with Crippen LogP contribution in [0, 0.1) is 0 Å². The summed E-state index contributed by atoms with van der Waals surface area (Å²) < 4.78 is 117. The molecule has 0 fully saturated rings. The Hall–Kier alpha value is -4.39. The zero-order valence-corrected chi connectivity index (χ0v) is 20.4. The predicted octanol–water partition coefficient (Wildman–Crippen LogP) is 7.31. The predicted molar refractivity (Wildman–Crippen MR) is 130 cm³/mol. The van der Waals surface area contributed by atoms with E-state index < -0.39 is 56.2 Å². The second-order valence-electron chi connectivity index (χ2n) is 8.09. The molecule has 0 unspecified atom stereocenters. The highest BCUT2D eigenvalue weighted by atomic mass is 32.2. The highest BCUT2D eigenvalue weighted by molar-refractivity contribution is 7.91. The molecule has 0 bridgehead atoms. The molecule has 4 aromatic carbocycles. The number of halogens is 6. The van der Waals surface area contributed by atoms with Gasteiger partial charge in [0.25, 0.3) is 0 Å². The van der Waals surface area contributed by atoms with Crippen molar-refractivity contribution in [3.63, 3.8) is 0 Å². The van der Waals surface area contributed by atoms with E-state index in [9.17, 15) is 34.8 Å². The molecule has 0 heterocycles. The van der Waals surface area contributed by atoms with Crippen LogP contribution in [-0.2, 0) is 22.2 Å². The lowest BCUT2D eigenvalue weighted by molar-refractivity contribution is -0.138. The van der Waals surface area contributed by atoms with Gasteiger partial charge in [-0.05, 0) is 72.8 Å². The second-order valence-corrected chi connectivity index (χ2v) is 10.0. The molecule has 0 aliphatic heterocycles. The average molecular weight is 568 g/mol. The molecule has 0 aliphatic carbocycles. The molecule has 0 aromatic heterocycles. The molecule has 13 heteroatoms. The summed E-state index contributed by atoms with van der Waals surface area (Å²) in [7, 11) is -4.11. The Labute approximate surface area is 218 Å². The molecule has 39 heavy (non-hydrogen) atoms. The lowest BCUT2D eigenvalue weighted by atomic mass is 10.1. The minimum atomic E-state index is -4.78. The molecule has 4 N–H and O–H groups in total. The van der Waals surface area contributed by atoms with Gasteiger partial charge in [0.1, 0.15) is 34.1 Å². The van der Waals surface area contributed by atoms with Gasteiger partial charge in [0.15, 0.2) is 0 Å². The molecule has 0 saturated carbocycles. The van der Waals surface area contributed by atoms with Crippen molar-refractivity contribution in [3.05, 3.63) is 96.1 Å². The number of nitrogens with two attached hydrogens (primary N) is 2. The van der Waals surface area contributed by atoms with Gasteiger partial charge in [0.2, 0.25) is 9.84 Å². The Kier molecular flexibility index (Phi) is 7.13. The summed E-state index contributed by atoms with van der Waals surface area (Å²) in [6.07, 6.45) is -9.55. The van der Waals surface area contributed by atoms with Crippen molar-refractivity contribution in [2.24, 2.45) is 0 Å². The summed E-state index contributed by atoms with van der Waals surface area (Å²) in [4.78, 5) is -0.412. The van der Waals surface area contributed by atoms with Crippen LogP contribution in [0.3, 0.4) is 0 Å². The standard InChI is InChI=1S/C26H18F6N2O4S/c27-25(28,29)23-19(33)3-1-5-21(23)37-15-7-11-17(12-8-15)39(35,36)18-13-9-16(10-14-18)38-22-6-2-4-20(34)24(22)26(30,31)32/h1-14H,33-34H2. The highest BCUT2D eigenvalue weighted by Gasteiger charge is 2.38. The van der Waals surface area contributed by atoms with Gasteiger partial charge in [0, 0.05) is 11.4 Å². The first-order valence-corrected chi connectivity index (χ1v) is 12.4. The van der Waals surface area contributed by atoms with Crippen LogP contribution < -0.4 is 20.9 Å². The lowest BCUT2D eigenvalue weighted by Gasteiger charge is -2.16. The van der Waals surface area contributed by atoms with Crippen molar-refractivity contribution in [1.82, 2.24) is 0 Å². The van der Waals surface area contributed by atoms with Gasteiger partial charge in [-0.2, -0.15) is 26.3 Å². The smallest absolute Gasteiger partial charge is 0.421 e. The summed E-state index contributed by atoms with van der Waals surface area (Å²) in [5.41, 5.74) is 7.51. The summed E-state index contributed by atoms with van der Waals surface area (Å²) in [6.45, 7) is 0. The van der Waals surface area contributed by atoms with Crippen LogP contribution in [0.5, 0.6) is 23.0 Å². The lowest BCUT2D eigenvalue weighted by Crippen LogP contribution is -2.10. The fourth-order valence-corrected chi connectivity index (χ4v) is 4.90. The summed E-state index contributed by atoms with van der Waals surface area (Å²) >= 11 is 0. The molecule has 0 aliphatic rings. The van der Waals surface area contributed by atoms with Crippen molar-refractivity contribution in [2.45, 2.75) is 22.1 Å². The molecule has 6 nitrogen and oxygen atoms in total. The third-order valence-electron chi connectivity index (χ3n) is 5.41. The van der Waals surface area contributed by atoms with Crippen LogP contribution in [0.2, 0.25) is 0 Å². The van der Waals surface area contributed by atoms with E-state index in [2.05, 4.69) is 0 Å². The molecule has 4 rings (SSSR count). The van der Waals surface area contributed by atoms with Gasteiger partial charge in [-0.15, -0.1) is 0 Å². The van der Waals surface area contributed by atoms with Gasteiger partial charge in [-0.25, -0.2) is 8.42 Å². The quantitative estimate of drug-likeness (QED) is 0.187. The van der Waals surface area contributed by atoms with Crippen LogP contribution in [0.25, 0.3) is 0 Å². The van der Waals surface area contributed by atoms with E-state index in [1.807, 2.05) is 0 Å². The van der Waals surface area contributed by atoms with Crippen LogP contribution >= 0.6 is 0 Å². The number of ether oxygens (including phenoxy) is 2. The van der Waals surface area contributed by atoms with Gasteiger partial charge in [-0.1, -0.05) is 12.1 Å². The maximum absolute atomic E-state index is 13.4. The van der Waals surface area contributed by atoms with Crippen molar-refractivity contribution in [2.75, 3.05) is 11.5 Å². The first-order valence-electron chi connectivity index (χ1n) is 10.9. The number of hydrogen-bond acceptors (Lipinski definition) is 6. The van der Waals surface area contributed by atoms with E-state index in [4.69, 9.17) is 20.9 Å². The number of alkyl halides is 6. The van der Waals surface area contributed by atoms with Gasteiger partial charge < -0.3 is 20.9 Å². The van der Waals surface area contributed by atoms with Crippen molar-refractivity contribution >= 4 is 21.2 Å². The second kappa shape index (κ2) is 10.1. The molecule has 0 spiro atoms. The molecule has 0 amide bonds. The van der Waals surface area contributed by atoms with Gasteiger partial charge >= 0.3 is 12.4 Å². The topological polar surface area (TPSA) is 105 Å². The SMILES string of the molecule is Nc1cccc(Oc2ccc(S(=O)(=O)c3ccc(Oc4cccc(N)c4C(F)(F)F)cc3)cc2)c1C(F)(F)F. The number of rotatable bonds is 6. The van der Waals surface area contributed by atoms with Crippen LogP contribution in [0.4, 0.5) is 37.7 Å². The van der Waals surface area contributed by atoms with Crippen LogP contribution in [-0.4, -0.2) is 8.42 Å². The third kappa shape index (κ3) is 5.87. The zero-order valence-electron chi connectivity index (χ0n) is 19.5. The Bertz CT molecular complexity index is 1490. The number of sulfone groups is 1. The van der Waals surface area contributed by atoms with Gasteiger partial charge in [-0.3, -0.25) is 0 Å². The zero-order chi connectivity index (χ0) is 28.6. The Morgan fingerprint density at radius 2 is 0.872 bits per heavy atom.